The van der Waals surface area contributed by atoms with Crippen LogP contribution in [0.4, 0.5) is 8.78 Å². The summed E-state index contributed by atoms with van der Waals surface area (Å²) in [6.07, 6.45) is 3.08. The van der Waals surface area contributed by atoms with Crippen molar-refractivity contribution in [3.63, 3.8) is 0 Å². The molecule has 4 heteroatoms. The van der Waals surface area contributed by atoms with Crippen molar-refractivity contribution in [3.8, 4) is 0 Å². The van der Waals surface area contributed by atoms with Gasteiger partial charge in [-0.2, -0.15) is 0 Å². The highest BCUT2D eigenvalue weighted by Gasteiger charge is 2.24. The third-order valence-corrected chi connectivity index (χ3v) is 5.17. The van der Waals surface area contributed by atoms with Crippen LogP contribution < -0.4 is 0 Å². The van der Waals surface area contributed by atoms with Gasteiger partial charge in [-0.15, -0.1) is 11.3 Å². The fraction of sp³-hybridized carbons (Fsp3) is 0.375. The molecule has 1 N–H and O–H groups in total. The van der Waals surface area contributed by atoms with E-state index in [1.807, 2.05) is 6.07 Å². The summed E-state index contributed by atoms with van der Waals surface area (Å²) in [5, 5.41) is 10.4. The summed E-state index contributed by atoms with van der Waals surface area (Å²) in [5.41, 5.74) is 1.34. The van der Waals surface area contributed by atoms with E-state index in [9.17, 15) is 13.9 Å². The molecule has 1 heterocycles. The van der Waals surface area contributed by atoms with Gasteiger partial charge in [0.05, 0.1) is 5.56 Å². The van der Waals surface area contributed by atoms with E-state index < -0.39 is 17.7 Å². The molecule has 1 atom stereocenters. The summed E-state index contributed by atoms with van der Waals surface area (Å²) in [6.45, 7) is 1.57. The highest BCUT2D eigenvalue weighted by atomic mass is 32.1. The summed E-state index contributed by atoms with van der Waals surface area (Å²) >= 11 is 1.48. The fourth-order valence-electron chi connectivity index (χ4n) is 2.72. The van der Waals surface area contributed by atoms with Gasteiger partial charge in [0.25, 0.3) is 0 Å². The van der Waals surface area contributed by atoms with Crippen molar-refractivity contribution in [1.82, 2.24) is 0 Å². The van der Waals surface area contributed by atoms with Gasteiger partial charge in [0.1, 0.15) is 17.7 Å². The van der Waals surface area contributed by atoms with Crippen LogP contribution in [-0.4, -0.2) is 5.11 Å². The number of fused-ring (bicyclic) bond motifs is 1. The Kier molecular flexibility index (Phi) is 3.61. The second-order valence-electron chi connectivity index (χ2n) is 5.30. The number of aliphatic hydroxyl groups is 1. The molecule has 3 rings (SSSR count). The molecular formula is C16H16F2OS. The minimum absolute atomic E-state index is 0.233. The standard InChI is InChI=1S/C16H16F2OS/c1-9-6-7-11(17)14(15(9)18)16(19)13-8-10-4-2-3-5-12(10)20-13/h6-8,16,19H,2-5H2,1H3. The topological polar surface area (TPSA) is 20.2 Å². The second kappa shape index (κ2) is 5.26. The molecule has 0 saturated heterocycles. The van der Waals surface area contributed by atoms with Crippen LogP contribution in [0.1, 0.15) is 45.4 Å². The normalized spacial score (nSPS) is 16.0. The first-order valence-electron chi connectivity index (χ1n) is 6.82. The summed E-state index contributed by atoms with van der Waals surface area (Å²) in [7, 11) is 0. The number of halogens is 2. The van der Waals surface area contributed by atoms with Crippen LogP contribution in [0.3, 0.4) is 0 Å². The van der Waals surface area contributed by atoms with E-state index in [1.165, 1.54) is 33.9 Å². The van der Waals surface area contributed by atoms with E-state index in [2.05, 4.69) is 0 Å². The van der Waals surface area contributed by atoms with Gasteiger partial charge in [0, 0.05) is 9.75 Å². The SMILES string of the molecule is Cc1ccc(F)c(C(O)c2cc3c(s2)CCCC3)c1F. The number of aryl methyl sites for hydroxylation is 3. The molecule has 1 aromatic carbocycles. The van der Waals surface area contributed by atoms with Gasteiger partial charge in [-0.1, -0.05) is 6.07 Å². The van der Waals surface area contributed by atoms with Crippen molar-refractivity contribution < 1.29 is 13.9 Å². The van der Waals surface area contributed by atoms with Gasteiger partial charge < -0.3 is 5.11 Å². The molecule has 0 saturated carbocycles. The lowest BCUT2D eigenvalue weighted by atomic mass is 9.98. The maximum absolute atomic E-state index is 14.1. The molecule has 1 nitrogen and oxygen atoms in total. The molecule has 0 fully saturated rings. The summed E-state index contributed by atoms with van der Waals surface area (Å²) in [4.78, 5) is 1.89. The molecule has 0 amide bonds. The third kappa shape index (κ3) is 2.27. The summed E-state index contributed by atoms with van der Waals surface area (Å²) in [5.74, 6) is -1.34. The lowest BCUT2D eigenvalue weighted by Gasteiger charge is -2.12. The molecule has 0 bridgehead atoms. The average molecular weight is 294 g/mol. The zero-order valence-corrected chi connectivity index (χ0v) is 12.1. The predicted molar refractivity (Wildman–Crippen MR) is 76.1 cm³/mol. The molecule has 1 unspecified atom stereocenters. The molecule has 0 spiro atoms. The van der Waals surface area contributed by atoms with Gasteiger partial charge in [-0.25, -0.2) is 8.78 Å². The van der Waals surface area contributed by atoms with Crippen LogP contribution >= 0.6 is 11.3 Å². The largest absolute Gasteiger partial charge is 0.383 e. The van der Waals surface area contributed by atoms with E-state index in [1.54, 1.807) is 6.92 Å². The quantitative estimate of drug-likeness (QED) is 0.875. The van der Waals surface area contributed by atoms with Gasteiger partial charge in [-0.3, -0.25) is 0 Å². The number of aliphatic hydroxyl groups excluding tert-OH is 1. The smallest absolute Gasteiger partial charge is 0.135 e. The van der Waals surface area contributed by atoms with Crippen molar-refractivity contribution in [2.75, 3.05) is 0 Å². The number of rotatable bonds is 2. The van der Waals surface area contributed by atoms with E-state index in [-0.39, 0.29) is 5.56 Å². The first-order valence-corrected chi connectivity index (χ1v) is 7.63. The van der Waals surface area contributed by atoms with Crippen LogP contribution in [0, 0.1) is 18.6 Å². The third-order valence-electron chi connectivity index (χ3n) is 3.88. The Labute approximate surface area is 120 Å². The molecule has 0 aliphatic heterocycles. The van der Waals surface area contributed by atoms with Gasteiger partial charge >= 0.3 is 0 Å². The van der Waals surface area contributed by atoms with E-state index >= 15 is 0 Å². The highest BCUT2D eigenvalue weighted by molar-refractivity contribution is 7.12. The van der Waals surface area contributed by atoms with Gasteiger partial charge in [0.2, 0.25) is 0 Å². The van der Waals surface area contributed by atoms with Crippen molar-refractivity contribution in [1.29, 1.82) is 0 Å². The number of benzene rings is 1. The maximum atomic E-state index is 14.1. The number of hydrogen-bond acceptors (Lipinski definition) is 2. The van der Waals surface area contributed by atoms with Crippen LogP contribution in [0.25, 0.3) is 0 Å². The van der Waals surface area contributed by atoms with Gasteiger partial charge in [0.15, 0.2) is 0 Å². The molecular weight excluding hydrogens is 278 g/mol. The van der Waals surface area contributed by atoms with Crippen LogP contribution in [-0.2, 0) is 12.8 Å². The lowest BCUT2D eigenvalue weighted by molar-refractivity contribution is 0.212. The Hall–Kier alpha value is -1.26. The Morgan fingerprint density at radius 2 is 1.95 bits per heavy atom. The van der Waals surface area contributed by atoms with E-state index in [4.69, 9.17) is 0 Å². The molecule has 20 heavy (non-hydrogen) atoms. The fourth-order valence-corrected chi connectivity index (χ4v) is 3.97. The molecule has 1 aliphatic rings. The van der Waals surface area contributed by atoms with Crippen LogP contribution in [0.2, 0.25) is 0 Å². The minimum atomic E-state index is -1.22. The highest BCUT2D eigenvalue weighted by Crippen LogP contribution is 2.37. The Morgan fingerprint density at radius 1 is 1.20 bits per heavy atom. The monoisotopic (exact) mass is 294 g/mol. The van der Waals surface area contributed by atoms with E-state index in [0.29, 0.717) is 10.4 Å². The Morgan fingerprint density at radius 3 is 2.70 bits per heavy atom. The molecule has 0 radical (unpaired) electrons. The first kappa shape index (κ1) is 13.7. The summed E-state index contributed by atoms with van der Waals surface area (Å²) in [6, 6.07) is 4.51. The zero-order valence-electron chi connectivity index (χ0n) is 11.2. The minimum Gasteiger partial charge on any atom is -0.383 e. The second-order valence-corrected chi connectivity index (χ2v) is 6.47. The van der Waals surface area contributed by atoms with E-state index in [0.717, 1.165) is 25.7 Å². The summed E-state index contributed by atoms with van der Waals surface area (Å²) < 4.78 is 27.9. The average Bonchev–Trinajstić information content (AvgIpc) is 2.87. The number of thiophene rings is 1. The van der Waals surface area contributed by atoms with Crippen molar-refractivity contribution in [3.05, 3.63) is 56.3 Å². The van der Waals surface area contributed by atoms with Gasteiger partial charge in [-0.05, 0) is 55.9 Å². The number of hydrogen-bond donors (Lipinski definition) is 1. The lowest BCUT2D eigenvalue weighted by Crippen LogP contribution is -2.05. The molecule has 2 aromatic rings. The van der Waals surface area contributed by atoms with Crippen LogP contribution in [0.15, 0.2) is 18.2 Å². The first-order chi connectivity index (χ1) is 9.58. The molecule has 1 aliphatic carbocycles. The molecule has 1 aromatic heterocycles. The maximum Gasteiger partial charge on any atom is 0.135 e. The predicted octanol–water partition coefficient (Wildman–Crippen LogP) is 4.30. The molecule has 106 valence electrons. The Bertz CT molecular complexity index is 625. The van der Waals surface area contributed by atoms with Crippen LogP contribution in [0.5, 0.6) is 0 Å². The van der Waals surface area contributed by atoms with Crippen molar-refractivity contribution >= 4 is 11.3 Å². The Balaban J connectivity index is 2.02. The zero-order chi connectivity index (χ0) is 14.3. The van der Waals surface area contributed by atoms with Crippen molar-refractivity contribution in [2.45, 2.75) is 38.7 Å². The van der Waals surface area contributed by atoms with Crippen molar-refractivity contribution in [2.24, 2.45) is 0 Å².